The van der Waals surface area contributed by atoms with Crippen molar-refractivity contribution < 1.29 is 13.5 Å². The summed E-state index contributed by atoms with van der Waals surface area (Å²) in [6.07, 6.45) is 0.983. The Morgan fingerprint density at radius 3 is 2.65 bits per heavy atom. The quantitative estimate of drug-likeness (QED) is 0.728. The molecule has 1 rings (SSSR count). The fourth-order valence-electron chi connectivity index (χ4n) is 1.39. The number of anilines is 1. The molecule has 0 saturated carbocycles. The van der Waals surface area contributed by atoms with E-state index in [0.29, 0.717) is 18.5 Å². The highest BCUT2D eigenvalue weighted by atomic mass is 32.2. The molecule has 4 N–H and O–H groups in total. The van der Waals surface area contributed by atoms with Crippen LogP contribution in [0.5, 0.6) is 0 Å². The molecule has 0 fully saturated rings. The van der Waals surface area contributed by atoms with Gasteiger partial charge in [0.15, 0.2) is 0 Å². The molecule has 1 aromatic rings. The summed E-state index contributed by atoms with van der Waals surface area (Å²) in [4.78, 5) is 0. The van der Waals surface area contributed by atoms with Gasteiger partial charge in [-0.15, -0.1) is 11.3 Å². The van der Waals surface area contributed by atoms with Crippen molar-refractivity contribution in [2.24, 2.45) is 0 Å². The van der Waals surface area contributed by atoms with Crippen molar-refractivity contribution in [3.8, 4) is 0 Å². The summed E-state index contributed by atoms with van der Waals surface area (Å²) in [7, 11) is -3.55. The molecule has 5 nitrogen and oxygen atoms in total. The van der Waals surface area contributed by atoms with E-state index in [1.807, 2.05) is 6.92 Å². The summed E-state index contributed by atoms with van der Waals surface area (Å²) in [5.74, 6) is 0. The normalized spacial score (nSPS) is 15.7. The van der Waals surface area contributed by atoms with Crippen molar-refractivity contribution in [1.29, 1.82) is 0 Å². The number of hydrogen-bond acceptors (Lipinski definition) is 5. The lowest BCUT2D eigenvalue weighted by molar-refractivity contribution is 0.233. The van der Waals surface area contributed by atoms with Crippen LogP contribution in [0.2, 0.25) is 0 Å². The first-order chi connectivity index (χ1) is 7.83. The van der Waals surface area contributed by atoms with Gasteiger partial charge >= 0.3 is 0 Å². The molecular weight excluding hydrogens is 260 g/mol. The number of thiophene rings is 1. The average Bonchev–Trinajstić information content (AvgIpc) is 2.65. The third-order valence-corrected chi connectivity index (χ3v) is 5.78. The molecule has 0 spiro atoms. The Morgan fingerprint density at radius 2 is 2.24 bits per heavy atom. The Labute approximate surface area is 106 Å². The van der Waals surface area contributed by atoms with Crippen LogP contribution in [0.15, 0.2) is 15.7 Å². The monoisotopic (exact) mass is 278 g/mol. The molecule has 1 atom stereocenters. The second kappa shape index (κ2) is 5.34. The molecule has 0 saturated heterocycles. The summed E-state index contributed by atoms with van der Waals surface area (Å²) < 4.78 is 26.9. The van der Waals surface area contributed by atoms with E-state index in [1.165, 1.54) is 6.07 Å². The Bertz CT molecular complexity index is 470. The first-order valence-corrected chi connectivity index (χ1v) is 7.68. The van der Waals surface area contributed by atoms with Gasteiger partial charge in [-0.05, 0) is 25.8 Å². The lowest BCUT2D eigenvalue weighted by Gasteiger charge is -2.28. The van der Waals surface area contributed by atoms with Crippen LogP contribution in [0.1, 0.15) is 26.7 Å². The van der Waals surface area contributed by atoms with Gasteiger partial charge in [-0.2, -0.15) is 0 Å². The van der Waals surface area contributed by atoms with Crippen molar-refractivity contribution in [1.82, 2.24) is 4.72 Å². The molecule has 98 valence electrons. The predicted octanol–water partition coefficient (Wildman–Crippen LogP) is 1.16. The third kappa shape index (κ3) is 3.67. The van der Waals surface area contributed by atoms with E-state index in [0.717, 1.165) is 11.3 Å². The predicted molar refractivity (Wildman–Crippen MR) is 69.5 cm³/mol. The van der Waals surface area contributed by atoms with E-state index in [-0.39, 0.29) is 10.8 Å². The highest BCUT2D eigenvalue weighted by molar-refractivity contribution is 7.91. The van der Waals surface area contributed by atoms with Gasteiger partial charge in [0, 0.05) is 23.2 Å². The van der Waals surface area contributed by atoms with Crippen LogP contribution in [-0.2, 0) is 10.0 Å². The van der Waals surface area contributed by atoms with Crippen LogP contribution in [0.4, 0.5) is 5.69 Å². The van der Waals surface area contributed by atoms with Crippen LogP contribution >= 0.6 is 11.3 Å². The van der Waals surface area contributed by atoms with Gasteiger partial charge in [-0.3, -0.25) is 0 Å². The molecule has 0 radical (unpaired) electrons. The number of rotatable bonds is 6. The van der Waals surface area contributed by atoms with Gasteiger partial charge in [0.05, 0.1) is 0 Å². The SMILES string of the molecule is CCC(C)(CCO)NS(=O)(=O)c1cc(N)cs1. The van der Waals surface area contributed by atoms with Crippen molar-refractivity contribution in [3.05, 3.63) is 11.4 Å². The van der Waals surface area contributed by atoms with Crippen LogP contribution < -0.4 is 10.5 Å². The molecule has 0 bridgehead atoms. The molecule has 1 aromatic heterocycles. The highest BCUT2D eigenvalue weighted by Crippen LogP contribution is 2.24. The maximum atomic E-state index is 12.1. The van der Waals surface area contributed by atoms with Gasteiger partial charge in [-0.25, -0.2) is 13.1 Å². The Balaban J connectivity index is 2.93. The van der Waals surface area contributed by atoms with Gasteiger partial charge < -0.3 is 10.8 Å². The van der Waals surface area contributed by atoms with Gasteiger partial charge in [0.25, 0.3) is 10.0 Å². The van der Waals surface area contributed by atoms with Crippen molar-refractivity contribution in [2.75, 3.05) is 12.3 Å². The molecule has 0 amide bonds. The van der Waals surface area contributed by atoms with Crippen LogP contribution in [0, 0.1) is 0 Å². The largest absolute Gasteiger partial charge is 0.398 e. The molecule has 0 aliphatic rings. The Hall–Kier alpha value is -0.630. The van der Waals surface area contributed by atoms with Crippen molar-refractivity contribution >= 4 is 27.0 Å². The zero-order valence-electron chi connectivity index (χ0n) is 9.93. The van der Waals surface area contributed by atoms with Gasteiger partial charge in [-0.1, -0.05) is 6.92 Å². The number of nitrogens with two attached hydrogens (primary N) is 1. The smallest absolute Gasteiger partial charge is 0.250 e. The lowest BCUT2D eigenvalue weighted by atomic mass is 9.97. The van der Waals surface area contributed by atoms with Crippen molar-refractivity contribution in [2.45, 2.75) is 36.4 Å². The van der Waals surface area contributed by atoms with Gasteiger partial charge in [0.2, 0.25) is 0 Å². The minimum absolute atomic E-state index is 0.0561. The van der Waals surface area contributed by atoms with E-state index in [9.17, 15) is 8.42 Å². The summed E-state index contributed by atoms with van der Waals surface area (Å²) in [6.45, 7) is 3.60. The van der Waals surface area contributed by atoms with Crippen LogP contribution in [0.3, 0.4) is 0 Å². The molecule has 0 aromatic carbocycles. The minimum Gasteiger partial charge on any atom is -0.398 e. The third-order valence-electron chi connectivity index (χ3n) is 2.69. The fourth-order valence-corrected chi connectivity index (χ4v) is 3.98. The summed E-state index contributed by atoms with van der Waals surface area (Å²) in [5.41, 5.74) is 5.32. The highest BCUT2D eigenvalue weighted by Gasteiger charge is 2.29. The summed E-state index contributed by atoms with van der Waals surface area (Å²) in [6, 6.07) is 1.43. The first kappa shape index (κ1) is 14.4. The van der Waals surface area contributed by atoms with E-state index in [2.05, 4.69) is 4.72 Å². The zero-order valence-corrected chi connectivity index (χ0v) is 11.6. The standard InChI is InChI=1S/C10H18N2O3S2/c1-3-10(2,4-5-13)12-17(14,15)9-6-8(11)7-16-9/h6-7,12-13H,3-5,11H2,1-2H3. The van der Waals surface area contributed by atoms with Gasteiger partial charge in [0.1, 0.15) is 4.21 Å². The zero-order chi connectivity index (χ0) is 13.1. The minimum atomic E-state index is -3.55. The number of aliphatic hydroxyl groups excluding tert-OH is 1. The molecule has 1 heterocycles. The maximum Gasteiger partial charge on any atom is 0.250 e. The number of sulfonamides is 1. The molecule has 0 aliphatic heterocycles. The van der Waals surface area contributed by atoms with E-state index in [4.69, 9.17) is 10.8 Å². The summed E-state index contributed by atoms with van der Waals surface area (Å²) >= 11 is 1.09. The number of hydrogen-bond donors (Lipinski definition) is 3. The fraction of sp³-hybridized carbons (Fsp3) is 0.600. The maximum absolute atomic E-state index is 12.1. The number of nitrogen functional groups attached to an aromatic ring is 1. The number of nitrogens with one attached hydrogen (secondary N) is 1. The van der Waals surface area contributed by atoms with E-state index in [1.54, 1.807) is 12.3 Å². The molecule has 7 heteroatoms. The summed E-state index contributed by atoms with van der Waals surface area (Å²) in [5, 5.41) is 10.5. The lowest BCUT2D eigenvalue weighted by Crippen LogP contribution is -2.45. The van der Waals surface area contributed by atoms with Crippen LogP contribution in [0.25, 0.3) is 0 Å². The molecule has 17 heavy (non-hydrogen) atoms. The first-order valence-electron chi connectivity index (χ1n) is 5.32. The topological polar surface area (TPSA) is 92.4 Å². The van der Waals surface area contributed by atoms with E-state index >= 15 is 0 Å². The van der Waals surface area contributed by atoms with Crippen molar-refractivity contribution in [3.63, 3.8) is 0 Å². The second-order valence-corrected chi connectivity index (χ2v) is 7.01. The number of aliphatic hydroxyl groups is 1. The molecular formula is C10H18N2O3S2. The molecule has 0 aliphatic carbocycles. The average molecular weight is 278 g/mol. The Morgan fingerprint density at radius 1 is 1.59 bits per heavy atom. The molecule has 1 unspecified atom stereocenters. The van der Waals surface area contributed by atoms with E-state index < -0.39 is 15.6 Å². The second-order valence-electron chi connectivity index (χ2n) is 4.19. The van der Waals surface area contributed by atoms with Crippen LogP contribution in [-0.4, -0.2) is 25.7 Å². The Kier molecular flexibility index (Phi) is 4.54.